The highest BCUT2D eigenvalue weighted by Gasteiger charge is 2.29. The highest BCUT2D eigenvalue weighted by atomic mass is 16.5. The molecule has 1 fully saturated rings. The fraction of sp³-hybridized carbons (Fsp3) is 0.455. The number of nitrogens with two attached hydrogens (primary N) is 1. The van der Waals surface area contributed by atoms with Crippen molar-refractivity contribution in [2.24, 2.45) is 5.84 Å². The first-order chi connectivity index (χ1) is 9.78. The molecule has 9 nitrogen and oxygen atoms in total. The van der Waals surface area contributed by atoms with Crippen LogP contribution in [-0.4, -0.2) is 43.8 Å². The lowest BCUT2D eigenvalue weighted by Gasteiger charge is -2.34. The fourth-order valence-electron chi connectivity index (χ4n) is 2.05. The Balaban J connectivity index is 1.78. The lowest BCUT2D eigenvalue weighted by molar-refractivity contribution is 0.0327. The summed E-state index contributed by atoms with van der Waals surface area (Å²) < 4.78 is 6.93. The lowest BCUT2D eigenvalue weighted by atomic mass is 9.89. The Kier molecular flexibility index (Phi) is 3.44. The van der Waals surface area contributed by atoms with Crippen LogP contribution in [0.1, 0.15) is 12.8 Å². The number of nitrogens with one attached hydrogen (secondary N) is 2. The highest BCUT2D eigenvalue weighted by molar-refractivity contribution is 5.38. The standard InChI is InChI=1S/C11H16N8O/c1-20-8-4-7(5-8)14-9-15-10(18-12)17-11(16-9)19-3-2-13-6-19/h2-3,6-8H,4-5,12H2,1H3,(H2,14,15,16,17,18). The van der Waals surface area contributed by atoms with Crippen LogP contribution in [0.5, 0.6) is 0 Å². The molecule has 0 aromatic carbocycles. The topological polar surface area (TPSA) is 116 Å². The molecule has 0 atom stereocenters. The van der Waals surface area contributed by atoms with Crippen molar-refractivity contribution in [3.05, 3.63) is 18.7 Å². The van der Waals surface area contributed by atoms with E-state index in [1.807, 2.05) is 0 Å². The highest BCUT2D eigenvalue weighted by Crippen LogP contribution is 2.25. The maximum Gasteiger partial charge on any atom is 0.243 e. The maximum absolute atomic E-state index is 5.39. The number of aromatic nitrogens is 5. The number of nitrogen functional groups attached to an aromatic ring is 1. The largest absolute Gasteiger partial charge is 0.381 e. The van der Waals surface area contributed by atoms with Crippen LogP contribution >= 0.6 is 0 Å². The number of anilines is 2. The van der Waals surface area contributed by atoms with Gasteiger partial charge < -0.3 is 10.1 Å². The number of methoxy groups -OCH3 is 1. The molecule has 0 spiro atoms. The minimum Gasteiger partial charge on any atom is -0.381 e. The summed E-state index contributed by atoms with van der Waals surface area (Å²) in [6.45, 7) is 0. The molecule has 4 N–H and O–H groups in total. The molecule has 2 heterocycles. The first-order valence-corrected chi connectivity index (χ1v) is 6.29. The molecular weight excluding hydrogens is 260 g/mol. The van der Waals surface area contributed by atoms with Crippen LogP contribution in [-0.2, 0) is 4.74 Å². The monoisotopic (exact) mass is 276 g/mol. The van der Waals surface area contributed by atoms with Crippen LogP contribution in [0.15, 0.2) is 18.7 Å². The number of nitrogens with zero attached hydrogens (tertiary/aromatic N) is 5. The zero-order valence-electron chi connectivity index (χ0n) is 11.0. The zero-order chi connectivity index (χ0) is 13.9. The van der Waals surface area contributed by atoms with Gasteiger partial charge in [-0.2, -0.15) is 15.0 Å². The Bertz CT molecular complexity index is 566. The Morgan fingerprint density at radius 3 is 2.75 bits per heavy atom. The van der Waals surface area contributed by atoms with E-state index in [0.717, 1.165) is 12.8 Å². The molecule has 2 aromatic heterocycles. The summed E-state index contributed by atoms with van der Waals surface area (Å²) in [7, 11) is 1.72. The van der Waals surface area contributed by atoms with E-state index >= 15 is 0 Å². The number of ether oxygens (including phenoxy) is 1. The molecule has 2 aromatic rings. The van der Waals surface area contributed by atoms with E-state index in [4.69, 9.17) is 10.6 Å². The molecule has 1 aliphatic rings. The number of hydrazine groups is 1. The van der Waals surface area contributed by atoms with E-state index < -0.39 is 0 Å². The Morgan fingerprint density at radius 2 is 2.10 bits per heavy atom. The molecule has 0 aliphatic heterocycles. The van der Waals surface area contributed by atoms with Crippen molar-refractivity contribution in [1.82, 2.24) is 24.5 Å². The summed E-state index contributed by atoms with van der Waals surface area (Å²) in [6.07, 6.45) is 7.21. The van der Waals surface area contributed by atoms with E-state index in [9.17, 15) is 0 Å². The van der Waals surface area contributed by atoms with Gasteiger partial charge >= 0.3 is 0 Å². The van der Waals surface area contributed by atoms with Gasteiger partial charge in [0.2, 0.25) is 17.8 Å². The van der Waals surface area contributed by atoms with Crippen molar-refractivity contribution in [1.29, 1.82) is 0 Å². The van der Waals surface area contributed by atoms with Gasteiger partial charge in [0.1, 0.15) is 6.33 Å². The second-order valence-corrected chi connectivity index (χ2v) is 4.57. The fourth-order valence-corrected chi connectivity index (χ4v) is 2.05. The number of imidazole rings is 1. The molecule has 1 saturated carbocycles. The van der Waals surface area contributed by atoms with Crippen molar-refractivity contribution >= 4 is 11.9 Å². The van der Waals surface area contributed by atoms with Crippen LogP contribution in [0.3, 0.4) is 0 Å². The quantitative estimate of drug-likeness (QED) is 0.513. The average molecular weight is 276 g/mol. The molecule has 9 heteroatoms. The summed E-state index contributed by atoms with van der Waals surface area (Å²) >= 11 is 0. The van der Waals surface area contributed by atoms with Crippen LogP contribution < -0.4 is 16.6 Å². The maximum atomic E-state index is 5.39. The minimum absolute atomic E-state index is 0.300. The predicted molar refractivity (Wildman–Crippen MR) is 72.2 cm³/mol. The second kappa shape index (κ2) is 5.39. The molecule has 0 bridgehead atoms. The molecular formula is C11H16N8O. The summed E-state index contributed by atoms with van der Waals surface area (Å²) in [4.78, 5) is 16.7. The third kappa shape index (κ3) is 2.53. The average Bonchev–Trinajstić information content (AvgIpc) is 2.96. The van der Waals surface area contributed by atoms with Crippen molar-refractivity contribution < 1.29 is 4.74 Å². The Labute approximate surface area is 115 Å². The zero-order valence-corrected chi connectivity index (χ0v) is 11.0. The van der Waals surface area contributed by atoms with Crippen molar-refractivity contribution in [2.45, 2.75) is 25.0 Å². The van der Waals surface area contributed by atoms with Crippen LogP contribution in [0.4, 0.5) is 11.9 Å². The van der Waals surface area contributed by atoms with Crippen molar-refractivity contribution in [2.75, 3.05) is 17.9 Å². The normalized spacial score (nSPS) is 21.3. The molecule has 0 radical (unpaired) electrons. The summed E-state index contributed by atoms with van der Waals surface area (Å²) in [5.41, 5.74) is 2.44. The third-order valence-electron chi connectivity index (χ3n) is 3.25. The first-order valence-electron chi connectivity index (χ1n) is 6.29. The summed E-state index contributed by atoms with van der Waals surface area (Å²) in [5, 5.41) is 3.25. The van der Waals surface area contributed by atoms with Gasteiger partial charge in [-0.1, -0.05) is 0 Å². The van der Waals surface area contributed by atoms with E-state index in [1.165, 1.54) is 0 Å². The lowest BCUT2D eigenvalue weighted by Crippen LogP contribution is -2.40. The summed E-state index contributed by atoms with van der Waals surface area (Å²) in [6, 6.07) is 0.309. The SMILES string of the molecule is COC1CC(Nc2nc(NN)nc(-n3ccnc3)n2)C1. The molecule has 106 valence electrons. The Morgan fingerprint density at radius 1 is 1.30 bits per heavy atom. The van der Waals surface area contributed by atoms with Crippen molar-refractivity contribution in [3.8, 4) is 5.95 Å². The number of hydrogen-bond acceptors (Lipinski definition) is 8. The van der Waals surface area contributed by atoms with E-state index in [-0.39, 0.29) is 0 Å². The van der Waals surface area contributed by atoms with Gasteiger partial charge in [0.05, 0.1) is 6.10 Å². The van der Waals surface area contributed by atoms with Gasteiger partial charge in [0, 0.05) is 25.5 Å². The first kappa shape index (κ1) is 12.8. The molecule has 3 rings (SSSR count). The third-order valence-corrected chi connectivity index (χ3v) is 3.25. The van der Waals surface area contributed by atoms with Gasteiger partial charge in [0.25, 0.3) is 0 Å². The molecule has 20 heavy (non-hydrogen) atoms. The van der Waals surface area contributed by atoms with Gasteiger partial charge in [-0.15, -0.1) is 0 Å². The van der Waals surface area contributed by atoms with Crippen molar-refractivity contribution in [3.63, 3.8) is 0 Å². The number of rotatable bonds is 5. The second-order valence-electron chi connectivity index (χ2n) is 4.57. The van der Waals surface area contributed by atoms with Crippen LogP contribution in [0.25, 0.3) is 5.95 Å². The molecule has 1 aliphatic carbocycles. The van der Waals surface area contributed by atoms with Gasteiger partial charge in [-0.05, 0) is 12.8 Å². The van der Waals surface area contributed by atoms with E-state index in [1.54, 1.807) is 30.4 Å². The predicted octanol–water partition coefficient (Wildman–Crippen LogP) is -0.0678. The van der Waals surface area contributed by atoms with Gasteiger partial charge in [-0.3, -0.25) is 9.99 Å². The van der Waals surface area contributed by atoms with E-state index in [0.29, 0.717) is 30.0 Å². The van der Waals surface area contributed by atoms with Gasteiger partial charge in [0.15, 0.2) is 0 Å². The molecule has 0 saturated heterocycles. The van der Waals surface area contributed by atoms with Crippen LogP contribution in [0, 0.1) is 0 Å². The smallest absolute Gasteiger partial charge is 0.243 e. The van der Waals surface area contributed by atoms with Gasteiger partial charge in [-0.25, -0.2) is 10.8 Å². The van der Waals surface area contributed by atoms with E-state index in [2.05, 4.69) is 30.7 Å². The molecule has 0 amide bonds. The molecule has 0 unspecified atom stereocenters. The minimum atomic E-state index is 0.300. The summed E-state index contributed by atoms with van der Waals surface area (Å²) in [5.74, 6) is 6.62. The Hall–Kier alpha value is -2.26. The van der Waals surface area contributed by atoms with Crippen LogP contribution in [0.2, 0.25) is 0 Å². The number of hydrogen-bond donors (Lipinski definition) is 3.